The predicted octanol–water partition coefficient (Wildman–Crippen LogP) is 4.03. The fourth-order valence-corrected chi connectivity index (χ4v) is 4.03. The molecule has 1 aromatic carbocycles. The van der Waals surface area contributed by atoms with Crippen LogP contribution in [0.2, 0.25) is 0 Å². The van der Waals surface area contributed by atoms with Gasteiger partial charge >= 0.3 is 12.1 Å². The molecule has 0 heterocycles. The Morgan fingerprint density at radius 3 is 2.35 bits per heavy atom. The molecular weight excluding hydrogens is 374 g/mol. The molecule has 8 heteroatoms. The number of carbonyl (C=O) groups excluding carboxylic acids is 2. The summed E-state index contributed by atoms with van der Waals surface area (Å²) < 4.78 is 15.4. The normalized spacial score (nSPS) is 12.2. The molecule has 1 atom stereocenters. The summed E-state index contributed by atoms with van der Waals surface area (Å²) in [5.74, 6) is 1.52. The third-order valence-corrected chi connectivity index (χ3v) is 5.31. The average molecular weight is 402 g/mol. The van der Waals surface area contributed by atoms with Crippen LogP contribution in [0.1, 0.15) is 33.3 Å². The standard InChI is InChI=1S/C18H27NO5S2/c1-6-23-16(20)15(19-17(21)24-18(2,3)4)12-26-25-11-13-7-9-14(22-5)10-8-13/h7-10,15H,6,11-12H2,1-5H3,(H,19,21)/t15-/m0/s1. The molecule has 6 nitrogen and oxygen atoms in total. The fourth-order valence-electron chi connectivity index (χ4n) is 1.81. The molecule has 0 aliphatic heterocycles. The Labute approximate surface area is 163 Å². The topological polar surface area (TPSA) is 73.9 Å². The summed E-state index contributed by atoms with van der Waals surface area (Å²) in [7, 11) is 4.73. The lowest BCUT2D eigenvalue weighted by Crippen LogP contribution is -2.45. The van der Waals surface area contributed by atoms with Crippen LogP contribution in [0.25, 0.3) is 0 Å². The first-order valence-corrected chi connectivity index (χ1v) is 10.8. The van der Waals surface area contributed by atoms with Gasteiger partial charge in [0.25, 0.3) is 0 Å². The molecule has 0 aliphatic carbocycles. The molecule has 0 spiro atoms. The van der Waals surface area contributed by atoms with Crippen LogP contribution < -0.4 is 10.1 Å². The van der Waals surface area contributed by atoms with E-state index in [0.717, 1.165) is 17.1 Å². The third kappa shape index (κ3) is 9.24. The lowest BCUT2D eigenvalue weighted by molar-refractivity contribution is -0.144. The monoisotopic (exact) mass is 401 g/mol. The van der Waals surface area contributed by atoms with Gasteiger partial charge in [-0.25, -0.2) is 9.59 Å². The van der Waals surface area contributed by atoms with Gasteiger partial charge in [-0.15, -0.1) is 0 Å². The smallest absolute Gasteiger partial charge is 0.408 e. The maximum absolute atomic E-state index is 12.1. The van der Waals surface area contributed by atoms with Crippen molar-refractivity contribution in [2.24, 2.45) is 0 Å². The van der Waals surface area contributed by atoms with Crippen molar-refractivity contribution in [2.75, 3.05) is 19.5 Å². The van der Waals surface area contributed by atoms with Gasteiger partial charge in [-0.05, 0) is 45.4 Å². The Kier molecular flexibility index (Phi) is 9.72. The van der Waals surface area contributed by atoms with Crippen LogP contribution in [0.15, 0.2) is 24.3 Å². The van der Waals surface area contributed by atoms with E-state index in [1.54, 1.807) is 45.6 Å². The molecule has 1 N–H and O–H groups in total. The third-order valence-electron chi connectivity index (χ3n) is 2.96. The summed E-state index contributed by atoms with van der Waals surface area (Å²) in [6, 6.07) is 7.05. The minimum atomic E-state index is -0.752. The van der Waals surface area contributed by atoms with Crippen molar-refractivity contribution >= 4 is 33.7 Å². The van der Waals surface area contributed by atoms with Crippen LogP contribution in [0, 0.1) is 0 Å². The number of ether oxygens (including phenoxy) is 3. The van der Waals surface area contributed by atoms with Gasteiger partial charge in [-0.3, -0.25) is 0 Å². The molecule has 0 radical (unpaired) electrons. The van der Waals surface area contributed by atoms with Gasteiger partial charge in [0.15, 0.2) is 0 Å². The lowest BCUT2D eigenvalue weighted by atomic mass is 10.2. The number of rotatable bonds is 9. The number of methoxy groups -OCH3 is 1. The number of esters is 1. The van der Waals surface area contributed by atoms with E-state index in [1.807, 2.05) is 24.3 Å². The van der Waals surface area contributed by atoms with Gasteiger partial charge < -0.3 is 19.5 Å². The lowest BCUT2D eigenvalue weighted by Gasteiger charge is -2.22. The Balaban J connectivity index is 2.48. The average Bonchev–Trinajstić information content (AvgIpc) is 2.56. The van der Waals surface area contributed by atoms with E-state index in [2.05, 4.69) is 5.32 Å². The number of hydrogen-bond acceptors (Lipinski definition) is 7. The fraction of sp³-hybridized carbons (Fsp3) is 0.556. The number of benzene rings is 1. The quantitative estimate of drug-likeness (QED) is 0.380. The largest absolute Gasteiger partial charge is 0.497 e. The first kappa shape index (κ1) is 22.5. The summed E-state index contributed by atoms with van der Waals surface area (Å²) in [5.41, 5.74) is 0.524. The van der Waals surface area contributed by atoms with Gasteiger partial charge in [-0.1, -0.05) is 33.7 Å². The molecular formula is C18H27NO5S2. The number of amides is 1. The van der Waals surface area contributed by atoms with Crippen LogP contribution in [-0.2, 0) is 20.0 Å². The van der Waals surface area contributed by atoms with E-state index in [0.29, 0.717) is 5.75 Å². The maximum Gasteiger partial charge on any atom is 0.408 e. The Bertz CT molecular complexity index is 572. The summed E-state index contributed by atoms with van der Waals surface area (Å²) >= 11 is 0. The van der Waals surface area contributed by atoms with Crippen LogP contribution in [0.3, 0.4) is 0 Å². The maximum atomic E-state index is 12.1. The molecule has 1 aromatic rings. The SMILES string of the molecule is CCOC(=O)[C@H](CSSCc1ccc(OC)cc1)NC(=O)OC(C)(C)C. The van der Waals surface area contributed by atoms with Crippen molar-refractivity contribution in [2.45, 2.75) is 45.1 Å². The molecule has 0 aromatic heterocycles. The van der Waals surface area contributed by atoms with Crippen LogP contribution in [-0.4, -0.2) is 43.2 Å². The Morgan fingerprint density at radius 1 is 1.15 bits per heavy atom. The zero-order chi connectivity index (χ0) is 19.6. The van der Waals surface area contributed by atoms with E-state index in [-0.39, 0.29) is 6.61 Å². The van der Waals surface area contributed by atoms with Crippen LogP contribution in [0.5, 0.6) is 5.75 Å². The van der Waals surface area contributed by atoms with Gasteiger partial charge in [0.2, 0.25) is 0 Å². The van der Waals surface area contributed by atoms with Gasteiger partial charge in [0.1, 0.15) is 17.4 Å². The number of hydrogen-bond donors (Lipinski definition) is 1. The van der Waals surface area contributed by atoms with Crippen LogP contribution >= 0.6 is 21.6 Å². The van der Waals surface area contributed by atoms with E-state index < -0.39 is 23.7 Å². The highest BCUT2D eigenvalue weighted by Crippen LogP contribution is 2.27. The second-order valence-corrected chi connectivity index (χ2v) is 8.85. The zero-order valence-corrected chi connectivity index (χ0v) is 17.5. The van der Waals surface area contributed by atoms with E-state index >= 15 is 0 Å². The summed E-state index contributed by atoms with van der Waals surface area (Å²) in [6.07, 6.45) is -0.628. The molecule has 26 heavy (non-hydrogen) atoms. The van der Waals surface area contributed by atoms with Crippen LogP contribution in [0.4, 0.5) is 4.79 Å². The van der Waals surface area contributed by atoms with E-state index in [9.17, 15) is 9.59 Å². The summed E-state index contributed by atoms with van der Waals surface area (Å²) in [5, 5.41) is 2.59. The molecule has 146 valence electrons. The van der Waals surface area contributed by atoms with Crippen molar-refractivity contribution in [3.05, 3.63) is 29.8 Å². The van der Waals surface area contributed by atoms with Gasteiger partial charge in [-0.2, -0.15) is 0 Å². The van der Waals surface area contributed by atoms with Crippen molar-refractivity contribution in [3.63, 3.8) is 0 Å². The minimum Gasteiger partial charge on any atom is -0.497 e. The first-order valence-electron chi connectivity index (χ1n) is 8.28. The Hall–Kier alpha value is -1.54. The van der Waals surface area contributed by atoms with Crippen molar-refractivity contribution in [3.8, 4) is 5.75 Å². The molecule has 1 amide bonds. The molecule has 0 bridgehead atoms. The molecule has 0 unspecified atom stereocenters. The van der Waals surface area contributed by atoms with E-state index in [4.69, 9.17) is 14.2 Å². The second kappa shape index (κ2) is 11.2. The van der Waals surface area contributed by atoms with Gasteiger partial charge in [0, 0.05) is 11.5 Å². The van der Waals surface area contributed by atoms with E-state index in [1.165, 1.54) is 10.8 Å². The molecule has 0 fully saturated rings. The summed E-state index contributed by atoms with van der Waals surface area (Å²) in [4.78, 5) is 24.0. The number of alkyl carbamates (subject to hydrolysis) is 1. The highest BCUT2D eigenvalue weighted by atomic mass is 33.1. The van der Waals surface area contributed by atoms with Crippen molar-refractivity contribution in [1.82, 2.24) is 5.32 Å². The van der Waals surface area contributed by atoms with Crippen molar-refractivity contribution in [1.29, 1.82) is 0 Å². The van der Waals surface area contributed by atoms with Crippen molar-refractivity contribution < 1.29 is 23.8 Å². The highest BCUT2D eigenvalue weighted by molar-refractivity contribution is 8.76. The summed E-state index contributed by atoms with van der Waals surface area (Å²) in [6.45, 7) is 7.30. The minimum absolute atomic E-state index is 0.259. The molecule has 0 saturated carbocycles. The van der Waals surface area contributed by atoms with Gasteiger partial charge in [0.05, 0.1) is 13.7 Å². The highest BCUT2D eigenvalue weighted by Gasteiger charge is 2.25. The number of carbonyl (C=O) groups is 2. The number of nitrogens with one attached hydrogen (secondary N) is 1. The molecule has 1 rings (SSSR count). The first-order chi connectivity index (χ1) is 12.2. The predicted molar refractivity (Wildman–Crippen MR) is 107 cm³/mol. The second-order valence-electron chi connectivity index (χ2n) is 6.35. The Morgan fingerprint density at radius 2 is 1.81 bits per heavy atom. The molecule has 0 saturated heterocycles. The molecule has 0 aliphatic rings. The zero-order valence-electron chi connectivity index (χ0n) is 15.9.